The molecule has 0 heterocycles. The number of carbonyl (C=O) groups is 1. The largest absolute Gasteiger partial charge is 0.340 e. The van der Waals surface area contributed by atoms with Gasteiger partial charge in [0.15, 0.2) is 0 Å². The van der Waals surface area contributed by atoms with Gasteiger partial charge in [-0.3, -0.25) is 4.79 Å². The molecule has 96 valence electrons. The minimum absolute atomic E-state index is 0.190. The highest BCUT2D eigenvalue weighted by molar-refractivity contribution is 5.77. The van der Waals surface area contributed by atoms with E-state index >= 15 is 0 Å². The Morgan fingerprint density at radius 1 is 1.38 bits per heavy atom. The fraction of sp³-hybridized carbons (Fsp3) is 0.923. The Labute approximate surface area is 100 Å². The molecule has 0 fully saturated rings. The second-order valence-corrected chi connectivity index (χ2v) is 5.36. The topological polar surface area (TPSA) is 46.3 Å². The van der Waals surface area contributed by atoms with Crippen LogP contribution in [0.3, 0.4) is 0 Å². The highest BCUT2D eigenvalue weighted by Crippen LogP contribution is 2.12. The van der Waals surface area contributed by atoms with Crippen molar-refractivity contribution >= 4 is 5.91 Å². The summed E-state index contributed by atoms with van der Waals surface area (Å²) in [5, 5.41) is 0. The Morgan fingerprint density at radius 2 is 1.94 bits per heavy atom. The normalized spacial score (nSPS) is 13.6. The van der Waals surface area contributed by atoms with Crippen molar-refractivity contribution in [2.75, 3.05) is 6.54 Å². The molecule has 16 heavy (non-hydrogen) atoms. The maximum absolute atomic E-state index is 12.1. The Kier molecular flexibility index (Phi) is 6.65. The van der Waals surface area contributed by atoms with Gasteiger partial charge < -0.3 is 10.6 Å². The molecule has 0 aromatic carbocycles. The lowest BCUT2D eigenvalue weighted by molar-refractivity contribution is -0.134. The number of amides is 1. The number of unbranched alkanes of at least 4 members (excludes halogenated alkanes) is 1. The molecule has 3 nitrogen and oxygen atoms in total. The van der Waals surface area contributed by atoms with Gasteiger partial charge in [0, 0.05) is 24.5 Å². The van der Waals surface area contributed by atoms with Crippen molar-refractivity contribution in [1.29, 1.82) is 0 Å². The fourth-order valence-electron chi connectivity index (χ4n) is 1.63. The molecule has 1 atom stereocenters. The molecule has 0 spiro atoms. The van der Waals surface area contributed by atoms with E-state index in [4.69, 9.17) is 5.73 Å². The Morgan fingerprint density at radius 3 is 2.31 bits per heavy atom. The number of hydrogen-bond acceptors (Lipinski definition) is 2. The summed E-state index contributed by atoms with van der Waals surface area (Å²) in [6.07, 6.45) is 3.62. The van der Waals surface area contributed by atoms with Crippen LogP contribution in [0, 0.1) is 0 Å². The third kappa shape index (κ3) is 6.11. The molecule has 3 heteroatoms. The van der Waals surface area contributed by atoms with E-state index in [-0.39, 0.29) is 5.91 Å². The zero-order valence-electron chi connectivity index (χ0n) is 11.5. The van der Waals surface area contributed by atoms with Crippen molar-refractivity contribution < 1.29 is 4.79 Å². The predicted octanol–water partition coefficient (Wildman–Crippen LogP) is 2.54. The van der Waals surface area contributed by atoms with Crippen LogP contribution < -0.4 is 5.73 Å². The van der Waals surface area contributed by atoms with Crippen molar-refractivity contribution in [3.63, 3.8) is 0 Å². The second-order valence-electron chi connectivity index (χ2n) is 5.36. The van der Waals surface area contributed by atoms with Crippen LogP contribution in [0.25, 0.3) is 0 Å². The zero-order chi connectivity index (χ0) is 12.8. The molecule has 2 N–H and O–H groups in total. The summed E-state index contributed by atoms with van der Waals surface area (Å²) < 4.78 is 0. The van der Waals surface area contributed by atoms with E-state index in [1.54, 1.807) is 0 Å². The SMILES string of the molecule is CCCCN(C(=O)CC(C)(C)N)C(C)CC. The average Bonchev–Trinajstić information content (AvgIpc) is 2.15. The van der Waals surface area contributed by atoms with E-state index in [0.29, 0.717) is 12.5 Å². The summed E-state index contributed by atoms with van der Waals surface area (Å²) in [5.41, 5.74) is 5.49. The summed E-state index contributed by atoms with van der Waals surface area (Å²) in [7, 11) is 0. The van der Waals surface area contributed by atoms with Gasteiger partial charge in [-0.1, -0.05) is 20.3 Å². The first-order chi connectivity index (χ1) is 7.31. The Bertz CT molecular complexity index is 208. The molecule has 1 unspecified atom stereocenters. The van der Waals surface area contributed by atoms with Crippen molar-refractivity contribution in [3.8, 4) is 0 Å². The maximum Gasteiger partial charge on any atom is 0.224 e. The zero-order valence-corrected chi connectivity index (χ0v) is 11.5. The number of rotatable bonds is 7. The van der Waals surface area contributed by atoms with Gasteiger partial charge in [0.05, 0.1) is 0 Å². The van der Waals surface area contributed by atoms with Gasteiger partial charge in [-0.25, -0.2) is 0 Å². The second kappa shape index (κ2) is 6.89. The summed E-state index contributed by atoms with van der Waals surface area (Å²) in [5.74, 6) is 0.190. The molecule has 0 saturated heterocycles. The van der Waals surface area contributed by atoms with Crippen molar-refractivity contribution in [3.05, 3.63) is 0 Å². The number of hydrogen-bond donors (Lipinski definition) is 1. The molecule has 0 saturated carbocycles. The fourth-order valence-corrected chi connectivity index (χ4v) is 1.63. The van der Waals surface area contributed by atoms with E-state index in [9.17, 15) is 4.79 Å². The van der Waals surface area contributed by atoms with Crippen molar-refractivity contribution in [2.24, 2.45) is 5.73 Å². The van der Waals surface area contributed by atoms with Crippen LogP contribution in [0.4, 0.5) is 0 Å². The molecular formula is C13H28N2O. The molecule has 0 aromatic rings. The van der Waals surface area contributed by atoms with Gasteiger partial charge in [0.25, 0.3) is 0 Å². The lowest BCUT2D eigenvalue weighted by atomic mass is 10.0. The monoisotopic (exact) mass is 228 g/mol. The molecular weight excluding hydrogens is 200 g/mol. The van der Waals surface area contributed by atoms with Crippen molar-refractivity contribution in [1.82, 2.24) is 4.90 Å². The van der Waals surface area contributed by atoms with Crippen LogP contribution in [-0.2, 0) is 4.79 Å². The van der Waals surface area contributed by atoms with Gasteiger partial charge in [0.2, 0.25) is 5.91 Å². The van der Waals surface area contributed by atoms with E-state index in [1.165, 1.54) is 0 Å². The first kappa shape index (κ1) is 15.4. The van der Waals surface area contributed by atoms with E-state index < -0.39 is 5.54 Å². The van der Waals surface area contributed by atoms with Crippen LogP contribution in [-0.4, -0.2) is 28.9 Å². The minimum Gasteiger partial charge on any atom is -0.340 e. The average molecular weight is 228 g/mol. The number of nitrogens with two attached hydrogens (primary N) is 1. The third-order valence-electron chi connectivity index (χ3n) is 2.80. The van der Waals surface area contributed by atoms with Gasteiger partial charge in [-0.2, -0.15) is 0 Å². The first-order valence-corrected chi connectivity index (χ1v) is 6.40. The highest BCUT2D eigenvalue weighted by atomic mass is 16.2. The van der Waals surface area contributed by atoms with Gasteiger partial charge in [-0.15, -0.1) is 0 Å². The lowest BCUT2D eigenvalue weighted by Gasteiger charge is -2.31. The smallest absolute Gasteiger partial charge is 0.224 e. The summed E-state index contributed by atoms with van der Waals surface area (Å²) in [4.78, 5) is 14.1. The molecule has 1 amide bonds. The van der Waals surface area contributed by atoms with Gasteiger partial charge in [0.1, 0.15) is 0 Å². The van der Waals surface area contributed by atoms with Crippen LogP contribution >= 0.6 is 0 Å². The Balaban J connectivity index is 4.43. The van der Waals surface area contributed by atoms with E-state index in [2.05, 4.69) is 20.8 Å². The molecule has 0 bridgehead atoms. The molecule has 0 aliphatic heterocycles. The summed E-state index contributed by atoms with van der Waals surface area (Å²) >= 11 is 0. The van der Waals surface area contributed by atoms with E-state index in [1.807, 2.05) is 18.7 Å². The molecule has 0 rings (SSSR count). The first-order valence-electron chi connectivity index (χ1n) is 6.40. The Hall–Kier alpha value is -0.570. The number of nitrogens with zero attached hydrogens (tertiary/aromatic N) is 1. The summed E-state index contributed by atoms with van der Waals surface area (Å²) in [6.45, 7) is 11.0. The minimum atomic E-state index is -0.408. The summed E-state index contributed by atoms with van der Waals surface area (Å²) in [6, 6.07) is 0.321. The number of carbonyl (C=O) groups excluding carboxylic acids is 1. The van der Waals surface area contributed by atoms with Crippen molar-refractivity contribution in [2.45, 2.75) is 71.9 Å². The van der Waals surface area contributed by atoms with Crippen LogP contribution in [0.5, 0.6) is 0 Å². The van der Waals surface area contributed by atoms with Gasteiger partial charge >= 0.3 is 0 Å². The maximum atomic E-state index is 12.1. The molecule has 0 aliphatic carbocycles. The lowest BCUT2D eigenvalue weighted by Crippen LogP contribution is -2.45. The quantitative estimate of drug-likeness (QED) is 0.728. The van der Waals surface area contributed by atoms with Crippen LogP contribution in [0.1, 0.15) is 60.3 Å². The van der Waals surface area contributed by atoms with Crippen LogP contribution in [0.2, 0.25) is 0 Å². The molecule has 0 radical (unpaired) electrons. The van der Waals surface area contributed by atoms with Crippen LogP contribution in [0.15, 0.2) is 0 Å². The van der Waals surface area contributed by atoms with E-state index in [0.717, 1.165) is 25.8 Å². The molecule has 0 aliphatic rings. The highest BCUT2D eigenvalue weighted by Gasteiger charge is 2.23. The molecule has 0 aromatic heterocycles. The predicted molar refractivity (Wildman–Crippen MR) is 69.3 cm³/mol. The van der Waals surface area contributed by atoms with Gasteiger partial charge in [-0.05, 0) is 33.6 Å². The standard InChI is InChI=1S/C13H28N2O/c1-6-8-9-15(11(3)7-2)12(16)10-13(4,5)14/h11H,6-10,14H2,1-5H3. The third-order valence-corrected chi connectivity index (χ3v) is 2.80.